The molecule has 2 aliphatic heterocycles. The minimum absolute atomic E-state index is 0.128. The van der Waals surface area contributed by atoms with Crippen molar-refractivity contribution in [3.8, 4) is 11.5 Å². The van der Waals surface area contributed by atoms with Gasteiger partial charge in [-0.25, -0.2) is 4.79 Å². The molecule has 194 valence electrons. The molecule has 0 unspecified atom stereocenters. The van der Waals surface area contributed by atoms with Gasteiger partial charge in [0.2, 0.25) is 5.91 Å². The van der Waals surface area contributed by atoms with Crippen molar-refractivity contribution in [2.75, 3.05) is 26.2 Å². The molecule has 2 fully saturated rings. The van der Waals surface area contributed by atoms with Gasteiger partial charge in [-0.1, -0.05) is 23.7 Å². The highest BCUT2D eigenvalue weighted by Crippen LogP contribution is 2.39. The molecule has 2 saturated heterocycles. The molecule has 0 aliphatic carbocycles. The fourth-order valence-electron chi connectivity index (χ4n) is 3.96. The molecule has 11 heteroatoms. The summed E-state index contributed by atoms with van der Waals surface area (Å²) in [4.78, 5) is 51.6. The van der Waals surface area contributed by atoms with Gasteiger partial charge in [0.15, 0.2) is 11.5 Å². The van der Waals surface area contributed by atoms with E-state index in [1.165, 1.54) is 18.2 Å². The summed E-state index contributed by atoms with van der Waals surface area (Å²) in [6.45, 7) is 3.28. The van der Waals surface area contributed by atoms with Crippen LogP contribution in [0.4, 0.5) is 4.79 Å². The number of hydrogen-bond donors (Lipinski definition) is 1. The number of carbonyl (C=O) groups is 4. The van der Waals surface area contributed by atoms with Crippen molar-refractivity contribution in [1.29, 1.82) is 0 Å². The van der Waals surface area contributed by atoms with Crippen LogP contribution in [-0.2, 0) is 16.2 Å². The third-order valence-electron chi connectivity index (χ3n) is 5.84. The number of hydrogen-bond acceptors (Lipinski definition) is 7. The van der Waals surface area contributed by atoms with E-state index in [-0.39, 0.29) is 34.6 Å². The molecule has 9 nitrogen and oxygen atoms in total. The zero-order chi connectivity index (χ0) is 26.5. The fourth-order valence-corrected chi connectivity index (χ4v) is 5.07. The van der Waals surface area contributed by atoms with Crippen molar-refractivity contribution in [3.63, 3.8) is 0 Å². The number of ether oxygens (including phenoxy) is 2. The summed E-state index contributed by atoms with van der Waals surface area (Å²) in [6, 6.07) is 9.52. The lowest BCUT2D eigenvalue weighted by Gasteiger charge is -2.18. The Hall–Kier alpha value is -3.50. The standard InChI is InChI=1S/C26H25ClN2O7S/c1-2-35-20-12-17(11-19(27)23(20)36-15-16-5-7-18(8-6-16)25(32)33)13-21-24(31)29(26(34)37-21)14-22(30)28-9-3-4-10-28/h5-8,11-13H,2-4,9-10,14-15H2,1H3,(H,32,33)/b21-13+. The van der Waals surface area contributed by atoms with Crippen molar-refractivity contribution in [1.82, 2.24) is 9.80 Å². The summed E-state index contributed by atoms with van der Waals surface area (Å²) < 4.78 is 11.6. The maximum absolute atomic E-state index is 12.9. The van der Waals surface area contributed by atoms with E-state index in [1.807, 2.05) is 0 Å². The number of nitrogens with zero attached hydrogens (tertiary/aromatic N) is 2. The van der Waals surface area contributed by atoms with E-state index < -0.39 is 17.1 Å². The minimum atomic E-state index is -1.01. The van der Waals surface area contributed by atoms with Crippen molar-refractivity contribution >= 4 is 52.5 Å². The number of carbonyl (C=O) groups excluding carboxylic acids is 3. The van der Waals surface area contributed by atoms with Crippen LogP contribution in [0.25, 0.3) is 6.08 Å². The van der Waals surface area contributed by atoms with Gasteiger partial charge in [0, 0.05) is 13.1 Å². The third kappa shape index (κ3) is 6.26. The first kappa shape index (κ1) is 26.6. The van der Waals surface area contributed by atoms with Gasteiger partial charge in [0.05, 0.1) is 22.1 Å². The molecule has 2 aromatic carbocycles. The second kappa shape index (κ2) is 11.7. The van der Waals surface area contributed by atoms with Crippen LogP contribution >= 0.6 is 23.4 Å². The molecule has 0 bridgehead atoms. The SMILES string of the molecule is CCOc1cc(/C=C2/SC(=O)N(CC(=O)N3CCCC3)C2=O)cc(Cl)c1OCc1ccc(C(=O)O)cc1. The molecule has 0 spiro atoms. The molecule has 37 heavy (non-hydrogen) atoms. The van der Waals surface area contributed by atoms with E-state index in [0.717, 1.165) is 35.1 Å². The van der Waals surface area contributed by atoms with Crippen LogP contribution < -0.4 is 9.47 Å². The first-order chi connectivity index (χ1) is 17.8. The summed E-state index contributed by atoms with van der Waals surface area (Å²) in [5, 5.41) is 8.79. The van der Waals surface area contributed by atoms with Crippen LogP contribution in [0.15, 0.2) is 41.3 Å². The van der Waals surface area contributed by atoms with Crippen molar-refractivity contribution < 1.29 is 33.8 Å². The highest BCUT2D eigenvalue weighted by molar-refractivity contribution is 8.18. The van der Waals surface area contributed by atoms with Crippen molar-refractivity contribution in [2.45, 2.75) is 26.4 Å². The Morgan fingerprint density at radius 1 is 1.11 bits per heavy atom. The number of imide groups is 1. The van der Waals surface area contributed by atoms with Gasteiger partial charge >= 0.3 is 5.97 Å². The molecule has 2 heterocycles. The molecular weight excluding hydrogens is 520 g/mol. The lowest BCUT2D eigenvalue weighted by atomic mass is 10.1. The first-order valence-corrected chi connectivity index (χ1v) is 12.9. The first-order valence-electron chi connectivity index (χ1n) is 11.7. The Kier molecular flexibility index (Phi) is 8.40. The number of carboxylic acids is 1. The molecular formula is C26H25ClN2O7S. The minimum Gasteiger partial charge on any atom is -0.490 e. The third-order valence-corrected chi connectivity index (χ3v) is 7.03. The van der Waals surface area contributed by atoms with Crippen LogP contribution in [0, 0.1) is 0 Å². The predicted octanol–water partition coefficient (Wildman–Crippen LogP) is 4.67. The average Bonchev–Trinajstić information content (AvgIpc) is 3.49. The van der Waals surface area contributed by atoms with Gasteiger partial charge in [-0.05, 0) is 73.0 Å². The van der Waals surface area contributed by atoms with Crippen molar-refractivity contribution in [3.05, 3.63) is 63.0 Å². The van der Waals surface area contributed by atoms with Gasteiger partial charge in [-0.15, -0.1) is 0 Å². The highest BCUT2D eigenvalue weighted by Gasteiger charge is 2.37. The number of likely N-dealkylation sites (tertiary alicyclic amines) is 1. The van der Waals surface area contributed by atoms with Crippen molar-refractivity contribution in [2.24, 2.45) is 0 Å². The van der Waals surface area contributed by atoms with Crippen LogP contribution in [-0.4, -0.2) is 64.2 Å². The number of benzene rings is 2. The van der Waals surface area contributed by atoms with Gasteiger partial charge < -0.3 is 19.5 Å². The number of thioether (sulfide) groups is 1. The highest BCUT2D eigenvalue weighted by atomic mass is 35.5. The Bertz CT molecular complexity index is 1260. The van der Waals surface area contributed by atoms with Gasteiger partial charge in [-0.2, -0.15) is 0 Å². The largest absolute Gasteiger partial charge is 0.490 e. The molecule has 0 aromatic heterocycles. The Morgan fingerprint density at radius 2 is 1.81 bits per heavy atom. The molecule has 2 aliphatic rings. The predicted molar refractivity (Wildman–Crippen MR) is 139 cm³/mol. The quantitative estimate of drug-likeness (QED) is 0.453. The molecule has 4 rings (SSSR count). The maximum Gasteiger partial charge on any atom is 0.335 e. The summed E-state index contributed by atoms with van der Waals surface area (Å²) in [7, 11) is 0. The maximum atomic E-state index is 12.9. The molecule has 0 saturated carbocycles. The smallest absolute Gasteiger partial charge is 0.335 e. The summed E-state index contributed by atoms with van der Waals surface area (Å²) >= 11 is 7.26. The van der Waals surface area contributed by atoms with E-state index in [9.17, 15) is 19.2 Å². The van der Waals surface area contributed by atoms with Gasteiger partial charge in [0.25, 0.3) is 11.1 Å². The average molecular weight is 545 g/mol. The lowest BCUT2D eigenvalue weighted by Crippen LogP contribution is -2.40. The van der Waals surface area contributed by atoms with Crippen LogP contribution in [0.3, 0.4) is 0 Å². The molecule has 1 N–H and O–H groups in total. The van der Waals surface area contributed by atoms with Crippen LogP contribution in [0.5, 0.6) is 11.5 Å². The topological polar surface area (TPSA) is 113 Å². The second-order valence-corrected chi connectivity index (χ2v) is 9.81. The van der Waals surface area contributed by atoms with E-state index in [1.54, 1.807) is 36.1 Å². The molecule has 0 radical (unpaired) electrons. The van der Waals surface area contributed by atoms with E-state index in [2.05, 4.69) is 0 Å². The summed E-state index contributed by atoms with van der Waals surface area (Å²) in [5.41, 5.74) is 1.44. The van der Waals surface area contributed by atoms with E-state index in [4.69, 9.17) is 26.2 Å². The zero-order valence-electron chi connectivity index (χ0n) is 20.1. The summed E-state index contributed by atoms with van der Waals surface area (Å²) in [5.74, 6) is -1.12. The van der Waals surface area contributed by atoms with Crippen LogP contribution in [0.1, 0.15) is 41.3 Å². The Morgan fingerprint density at radius 3 is 2.46 bits per heavy atom. The molecule has 0 atom stereocenters. The number of carboxylic acid groups (broad SMARTS) is 1. The monoisotopic (exact) mass is 544 g/mol. The van der Waals surface area contributed by atoms with Crippen LogP contribution in [0.2, 0.25) is 5.02 Å². The Balaban J connectivity index is 1.50. The normalized spacial score (nSPS) is 16.5. The summed E-state index contributed by atoms with van der Waals surface area (Å²) in [6.07, 6.45) is 3.38. The molecule has 3 amide bonds. The number of halogens is 1. The number of amides is 3. The number of aromatic carboxylic acids is 1. The van der Waals surface area contributed by atoms with Gasteiger partial charge in [-0.3, -0.25) is 19.3 Å². The van der Waals surface area contributed by atoms with Gasteiger partial charge in [0.1, 0.15) is 13.2 Å². The lowest BCUT2D eigenvalue weighted by molar-refractivity contribution is -0.135. The van der Waals surface area contributed by atoms with E-state index >= 15 is 0 Å². The zero-order valence-corrected chi connectivity index (χ0v) is 21.6. The number of rotatable bonds is 9. The molecule has 2 aromatic rings. The fraction of sp³-hybridized carbons (Fsp3) is 0.308. The Labute approximate surface area is 223 Å². The second-order valence-electron chi connectivity index (χ2n) is 8.41. The van der Waals surface area contributed by atoms with E-state index in [0.29, 0.717) is 36.8 Å².